The molecule has 6 heteroatoms. The van der Waals surface area contributed by atoms with Gasteiger partial charge in [-0.05, 0) is 25.7 Å². The third-order valence-corrected chi connectivity index (χ3v) is 4.77. The van der Waals surface area contributed by atoms with Crippen molar-refractivity contribution in [2.24, 2.45) is 5.92 Å². The summed E-state index contributed by atoms with van der Waals surface area (Å²) in [6.45, 7) is 1.92. The van der Waals surface area contributed by atoms with Gasteiger partial charge in [-0.2, -0.15) is 0 Å². The maximum Gasteiger partial charge on any atom is 0.306 e. The molecule has 2 N–H and O–H groups in total. The third-order valence-electron chi connectivity index (χ3n) is 4.77. The Hall–Kier alpha value is -2.63. The Labute approximate surface area is 146 Å². The monoisotopic (exact) mass is 342 g/mol. The molecule has 3 rings (SSSR count). The molecule has 1 heterocycles. The molecule has 0 bridgehead atoms. The van der Waals surface area contributed by atoms with Gasteiger partial charge in [0.1, 0.15) is 17.0 Å². The van der Waals surface area contributed by atoms with Gasteiger partial charge in [0.25, 0.3) is 5.91 Å². The van der Waals surface area contributed by atoms with Crippen LogP contribution in [0.15, 0.2) is 34.9 Å². The van der Waals surface area contributed by atoms with Crippen LogP contribution in [0.1, 0.15) is 48.7 Å². The molecule has 1 aromatic carbocycles. The van der Waals surface area contributed by atoms with Crippen LogP contribution in [-0.2, 0) is 11.2 Å². The fourth-order valence-electron chi connectivity index (χ4n) is 3.33. The molecule has 1 fully saturated rings. The van der Waals surface area contributed by atoms with Crippen LogP contribution in [0.3, 0.4) is 0 Å². The minimum Gasteiger partial charge on any atom is -0.481 e. The summed E-state index contributed by atoms with van der Waals surface area (Å²) < 4.78 is 5.37. The predicted octanol–water partition coefficient (Wildman–Crippen LogP) is 3.28. The van der Waals surface area contributed by atoms with Crippen LogP contribution in [0.5, 0.6) is 0 Å². The van der Waals surface area contributed by atoms with E-state index in [2.05, 4.69) is 10.5 Å². The smallest absolute Gasteiger partial charge is 0.306 e. The molecule has 1 saturated carbocycles. The van der Waals surface area contributed by atoms with Gasteiger partial charge in [-0.25, -0.2) is 0 Å². The van der Waals surface area contributed by atoms with E-state index in [-0.39, 0.29) is 17.9 Å². The lowest BCUT2D eigenvalue weighted by Gasteiger charge is -2.26. The summed E-state index contributed by atoms with van der Waals surface area (Å²) in [7, 11) is 0. The lowest BCUT2D eigenvalue weighted by Crippen LogP contribution is -2.39. The SMILES string of the molecule is CCc1onc(-c2ccccc2)c1C(=O)NC1CCC(C(=O)O)CC1. The van der Waals surface area contributed by atoms with Gasteiger partial charge in [-0.1, -0.05) is 42.4 Å². The first-order valence-corrected chi connectivity index (χ1v) is 8.67. The molecule has 1 aromatic heterocycles. The average Bonchev–Trinajstić information content (AvgIpc) is 3.07. The second-order valence-corrected chi connectivity index (χ2v) is 6.41. The molecular formula is C19H22N2O4. The first kappa shape index (κ1) is 17.2. The Morgan fingerprint density at radius 1 is 1.20 bits per heavy atom. The summed E-state index contributed by atoms with van der Waals surface area (Å²) >= 11 is 0. The number of aliphatic carboxylic acids is 1. The van der Waals surface area contributed by atoms with Crippen LogP contribution in [-0.4, -0.2) is 28.2 Å². The molecule has 2 aromatic rings. The van der Waals surface area contributed by atoms with Crippen LogP contribution in [0, 0.1) is 5.92 Å². The Kier molecular flexibility index (Phi) is 5.16. The lowest BCUT2D eigenvalue weighted by molar-refractivity contribution is -0.142. The van der Waals surface area contributed by atoms with E-state index in [1.54, 1.807) is 0 Å². The molecule has 0 saturated heterocycles. The topological polar surface area (TPSA) is 92.4 Å². The van der Waals surface area contributed by atoms with E-state index in [1.807, 2.05) is 37.3 Å². The maximum atomic E-state index is 12.8. The number of aromatic nitrogens is 1. The number of hydrogen-bond donors (Lipinski definition) is 2. The number of carbonyl (C=O) groups excluding carboxylic acids is 1. The largest absolute Gasteiger partial charge is 0.481 e. The molecule has 0 unspecified atom stereocenters. The highest BCUT2D eigenvalue weighted by Gasteiger charge is 2.29. The molecule has 0 radical (unpaired) electrons. The minimum atomic E-state index is -0.747. The molecule has 0 atom stereocenters. The number of aryl methyl sites for hydroxylation is 1. The second-order valence-electron chi connectivity index (χ2n) is 6.41. The van der Waals surface area contributed by atoms with Gasteiger partial charge in [-0.15, -0.1) is 0 Å². The van der Waals surface area contributed by atoms with Gasteiger partial charge in [0.2, 0.25) is 0 Å². The summed E-state index contributed by atoms with van der Waals surface area (Å²) in [5, 5.41) is 16.2. The van der Waals surface area contributed by atoms with Crippen molar-refractivity contribution in [3.8, 4) is 11.3 Å². The zero-order valence-corrected chi connectivity index (χ0v) is 14.2. The second kappa shape index (κ2) is 7.51. The zero-order chi connectivity index (χ0) is 17.8. The van der Waals surface area contributed by atoms with Crippen LogP contribution >= 0.6 is 0 Å². The van der Waals surface area contributed by atoms with Gasteiger partial charge in [0.05, 0.1) is 5.92 Å². The highest BCUT2D eigenvalue weighted by Crippen LogP contribution is 2.28. The number of carboxylic acids is 1. The van der Waals surface area contributed by atoms with Crippen molar-refractivity contribution in [1.29, 1.82) is 0 Å². The molecule has 1 amide bonds. The zero-order valence-electron chi connectivity index (χ0n) is 14.2. The van der Waals surface area contributed by atoms with Crippen molar-refractivity contribution in [1.82, 2.24) is 10.5 Å². The van der Waals surface area contributed by atoms with Gasteiger partial charge < -0.3 is 14.9 Å². The number of carboxylic acid groups (broad SMARTS) is 1. The average molecular weight is 342 g/mol. The van der Waals surface area contributed by atoms with E-state index in [9.17, 15) is 9.59 Å². The van der Waals surface area contributed by atoms with E-state index < -0.39 is 5.97 Å². The van der Waals surface area contributed by atoms with Crippen LogP contribution in [0.4, 0.5) is 0 Å². The summed E-state index contributed by atoms with van der Waals surface area (Å²) in [5.74, 6) is -0.676. The Balaban J connectivity index is 1.76. The molecule has 0 aliphatic heterocycles. The maximum absolute atomic E-state index is 12.8. The van der Waals surface area contributed by atoms with Crippen molar-refractivity contribution in [3.63, 3.8) is 0 Å². The Morgan fingerprint density at radius 2 is 1.88 bits per heavy atom. The van der Waals surface area contributed by atoms with E-state index in [0.29, 0.717) is 49.1 Å². The Morgan fingerprint density at radius 3 is 2.48 bits per heavy atom. The Bertz CT molecular complexity index is 746. The number of benzene rings is 1. The summed E-state index contributed by atoms with van der Waals surface area (Å²) in [4.78, 5) is 23.9. The number of hydrogen-bond acceptors (Lipinski definition) is 4. The normalized spacial score (nSPS) is 20.2. The summed E-state index contributed by atoms with van der Waals surface area (Å²) in [6.07, 6.45) is 3.12. The molecule has 25 heavy (non-hydrogen) atoms. The van der Waals surface area contributed by atoms with Crippen molar-refractivity contribution in [2.45, 2.75) is 45.1 Å². The highest BCUT2D eigenvalue weighted by atomic mass is 16.5. The number of amides is 1. The summed E-state index contributed by atoms with van der Waals surface area (Å²) in [6, 6.07) is 9.48. The number of nitrogens with zero attached hydrogens (tertiary/aromatic N) is 1. The third kappa shape index (κ3) is 3.73. The molecule has 0 spiro atoms. The molecule has 6 nitrogen and oxygen atoms in total. The van der Waals surface area contributed by atoms with Gasteiger partial charge in [0, 0.05) is 18.0 Å². The lowest BCUT2D eigenvalue weighted by atomic mass is 9.86. The fraction of sp³-hybridized carbons (Fsp3) is 0.421. The molecule has 1 aliphatic carbocycles. The molecular weight excluding hydrogens is 320 g/mol. The van der Waals surface area contributed by atoms with Gasteiger partial charge >= 0.3 is 5.97 Å². The fourth-order valence-corrected chi connectivity index (χ4v) is 3.33. The number of nitrogens with one attached hydrogen (secondary N) is 1. The first-order chi connectivity index (χ1) is 12.1. The van der Waals surface area contributed by atoms with Crippen molar-refractivity contribution < 1.29 is 19.2 Å². The first-order valence-electron chi connectivity index (χ1n) is 8.67. The molecule has 1 aliphatic rings. The van der Waals surface area contributed by atoms with Crippen LogP contribution < -0.4 is 5.32 Å². The predicted molar refractivity (Wildman–Crippen MR) is 92.2 cm³/mol. The van der Waals surface area contributed by atoms with E-state index in [0.717, 1.165) is 5.56 Å². The van der Waals surface area contributed by atoms with E-state index in [4.69, 9.17) is 9.63 Å². The minimum absolute atomic E-state index is 0.00803. The van der Waals surface area contributed by atoms with Crippen LogP contribution in [0.25, 0.3) is 11.3 Å². The summed E-state index contributed by atoms with van der Waals surface area (Å²) in [5.41, 5.74) is 1.87. The standard InChI is InChI=1S/C19H22N2O4/c1-2-15-16(17(21-25-15)12-6-4-3-5-7-12)18(22)20-14-10-8-13(9-11-14)19(23)24/h3-7,13-14H,2,8-11H2,1H3,(H,20,22)(H,23,24). The van der Waals surface area contributed by atoms with Gasteiger partial charge in [0.15, 0.2) is 0 Å². The van der Waals surface area contributed by atoms with Crippen molar-refractivity contribution in [3.05, 3.63) is 41.7 Å². The van der Waals surface area contributed by atoms with Crippen molar-refractivity contribution in [2.75, 3.05) is 0 Å². The van der Waals surface area contributed by atoms with E-state index >= 15 is 0 Å². The highest BCUT2D eigenvalue weighted by molar-refractivity contribution is 6.01. The van der Waals surface area contributed by atoms with Crippen molar-refractivity contribution >= 4 is 11.9 Å². The van der Waals surface area contributed by atoms with Gasteiger partial charge in [-0.3, -0.25) is 9.59 Å². The van der Waals surface area contributed by atoms with Crippen LogP contribution in [0.2, 0.25) is 0 Å². The quantitative estimate of drug-likeness (QED) is 0.870. The number of carbonyl (C=O) groups is 2. The van der Waals surface area contributed by atoms with E-state index in [1.165, 1.54) is 0 Å². The number of rotatable bonds is 5. The molecule has 132 valence electrons.